The van der Waals surface area contributed by atoms with E-state index in [9.17, 15) is 9.59 Å². The van der Waals surface area contributed by atoms with Crippen molar-refractivity contribution in [3.05, 3.63) is 66.6 Å². The minimum Gasteiger partial charge on any atom is -0.359 e. The van der Waals surface area contributed by atoms with Gasteiger partial charge in [-0.3, -0.25) is 19.3 Å². The Bertz CT molecular complexity index is 1320. The summed E-state index contributed by atoms with van der Waals surface area (Å²) in [6.45, 7) is 4.03. The van der Waals surface area contributed by atoms with Crippen LogP contribution in [-0.2, 0) is 4.79 Å². The number of rotatable bonds is 11. The molecule has 3 heterocycles. The van der Waals surface area contributed by atoms with Crippen LogP contribution in [-0.4, -0.2) is 43.6 Å². The monoisotopic (exact) mass is 487 g/mol. The normalized spacial score (nSPS) is 12.1. The summed E-state index contributed by atoms with van der Waals surface area (Å²) in [5, 5.41) is 12.2. The molecule has 0 radical (unpaired) electrons. The second-order valence-corrected chi connectivity index (χ2v) is 9.22. The van der Waals surface area contributed by atoms with E-state index in [1.807, 2.05) is 32.2 Å². The van der Waals surface area contributed by atoms with Gasteiger partial charge in [-0.2, -0.15) is 5.10 Å². The van der Waals surface area contributed by atoms with Crippen molar-refractivity contribution in [3.63, 3.8) is 0 Å². The molecule has 0 aliphatic rings. The molecule has 2 amide bonds. The SMILES string of the molecule is CNC(=O)CCCCCC(NC(=O)c1cnn(C(C)C)c1)c1ncc(-c2ccc3ccncc3c2)[nH]1. The third-order valence-corrected chi connectivity index (χ3v) is 6.25. The van der Waals surface area contributed by atoms with Crippen LogP contribution in [0, 0.1) is 0 Å². The van der Waals surface area contributed by atoms with Crippen molar-refractivity contribution < 1.29 is 9.59 Å². The molecule has 0 saturated heterocycles. The minimum absolute atomic E-state index is 0.0447. The fourth-order valence-electron chi connectivity index (χ4n) is 4.11. The number of unbranched alkanes of at least 4 members (excludes halogenated alkanes) is 2. The van der Waals surface area contributed by atoms with Gasteiger partial charge in [0.15, 0.2) is 0 Å². The van der Waals surface area contributed by atoms with Gasteiger partial charge in [0.1, 0.15) is 5.82 Å². The van der Waals surface area contributed by atoms with Gasteiger partial charge in [-0.15, -0.1) is 0 Å². The predicted octanol–water partition coefficient (Wildman–Crippen LogP) is 4.57. The Morgan fingerprint density at radius 2 is 1.92 bits per heavy atom. The van der Waals surface area contributed by atoms with Crippen molar-refractivity contribution in [2.45, 2.75) is 58.0 Å². The van der Waals surface area contributed by atoms with Gasteiger partial charge >= 0.3 is 0 Å². The van der Waals surface area contributed by atoms with E-state index in [0.29, 0.717) is 24.2 Å². The first kappa shape index (κ1) is 25.1. The van der Waals surface area contributed by atoms with Gasteiger partial charge in [0, 0.05) is 49.1 Å². The summed E-state index contributed by atoms with van der Waals surface area (Å²) in [4.78, 5) is 36.8. The zero-order chi connectivity index (χ0) is 25.5. The molecule has 188 valence electrons. The second-order valence-electron chi connectivity index (χ2n) is 9.22. The van der Waals surface area contributed by atoms with Crippen LogP contribution in [0.3, 0.4) is 0 Å². The van der Waals surface area contributed by atoms with Crippen LogP contribution in [0.2, 0.25) is 0 Å². The number of H-pyrrole nitrogens is 1. The highest BCUT2D eigenvalue weighted by atomic mass is 16.2. The van der Waals surface area contributed by atoms with Crippen molar-refractivity contribution in [2.24, 2.45) is 0 Å². The summed E-state index contributed by atoms with van der Waals surface area (Å²) in [5.74, 6) is 0.558. The Labute approximate surface area is 210 Å². The molecule has 1 unspecified atom stereocenters. The number of fused-ring (bicyclic) bond motifs is 1. The quantitative estimate of drug-likeness (QED) is 0.268. The van der Waals surface area contributed by atoms with E-state index in [4.69, 9.17) is 0 Å². The van der Waals surface area contributed by atoms with Crippen molar-refractivity contribution in [3.8, 4) is 11.3 Å². The van der Waals surface area contributed by atoms with Crippen molar-refractivity contribution in [2.75, 3.05) is 7.05 Å². The number of hydrogen-bond donors (Lipinski definition) is 3. The lowest BCUT2D eigenvalue weighted by atomic mass is 10.1. The molecule has 0 saturated carbocycles. The number of aromatic amines is 1. The molecule has 4 rings (SSSR count). The molecule has 0 aliphatic carbocycles. The molecule has 0 aliphatic heterocycles. The molecule has 9 heteroatoms. The van der Waals surface area contributed by atoms with Gasteiger partial charge in [-0.25, -0.2) is 4.98 Å². The maximum atomic E-state index is 13.0. The van der Waals surface area contributed by atoms with E-state index >= 15 is 0 Å². The van der Waals surface area contributed by atoms with E-state index in [-0.39, 0.29) is 23.9 Å². The summed E-state index contributed by atoms with van der Waals surface area (Å²) in [6.07, 6.45) is 12.5. The topological polar surface area (TPSA) is 118 Å². The lowest BCUT2D eigenvalue weighted by Gasteiger charge is -2.16. The number of benzene rings is 1. The van der Waals surface area contributed by atoms with Crippen molar-refractivity contribution in [1.82, 2.24) is 35.4 Å². The number of aromatic nitrogens is 5. The zero-order valence-electron chi connectivity index (χ0n) is 21.0. The fourth-order valence-corrected chi connectivity index (χ4v) is 4.11. The van der Waals surface area contributed by atoms with Crippen LogP contribution in [0.1, 0.15) is 74.2 Å². The Balaban J connectivity index is 1.50. The number of nitrogens with one attached hydrogen (secondary N) is 3. The molecule has 0 spiro atoms. The molecular formula is C27H33N7O2. The highest BCUT2D eigenvalue weighted by Crippen LogP contribution is 2.26. The van der Waals surface area contributed by atoms with E-state index in [1.54, 1.807) is 36.5 Å². The van der Waals surface area contributed by atoms with Crippen LogP contribution in [0.15, 0.2) is 55.2 Å². The maximum absolute atomic E-state index is 13.0. The maximum Gasteiger partial charge on any atom is 0.255 e. The van der Waals surface area contributed by atoms with Crippen LogP contribution < -0.4 is 10.6 Å². The van der Waals surface area contributed by atoms with Crippen LogP contribution in [0.4, 0.5) is 0 Å². The highest BCUT2D eigenvalue weighted by Gasteiger charge is 2.20. The number of imidazole rings is 1. The van der Waals surface area contributed by atoms with Gasteiger partial charge in [0.05, 0.1) is 29.7 Å². The van der Waals surface area contributed by atoms with Crippen molar-refractivity contribution >= 4 is 22.6 Å². The number of amides is 2. The molecule has 3 N–H and O–H groups in total. The number of carbonyl (C=O) groups is 2. The second kappa shape index (κ2) is 11.6. The van der Waals surface area contributed by atoms with Crippen LogP contribution >= 0.6 is 0 Å². The third kappa shape index (κ3) is 6.16. The number of hydrogen-bond acceptors (Lipinski definition) is 5. The van der Waals surface area contributed by atoms with Crippen molar-refractivity contribution in [1.29, 1.82) is 0 Å². The molecule has 4 aromatic rings. The van der Waals surface area contributed by atoms with E-state index in [2.05, 4.69) is 42.8 Å². The lowest BCUT2D eigenvalue weighted by molar-refractivity contribution is -0.120. The van der Waals surface area contributed by atoms with E-state index < -0.39 is 0 Å². The molecule has 3 aromatic heterocycles. The third-order valence-electron chi connectivity index (χ3n) is 6.25. The Morgan fingerprint density at radius 3 is 2.69 bits per heavy atom. The summed E-state index contributed by atoms with van der Waals surface area (Å²) >= 11 is 0. The smallest absolute Gasteiger partial charge is 0.255 e. The van der Waals surface area contributed by atoms with Gasteiger partial charge < -0.3 is 15.6 Å². The standard InChI is InChI=1S/C27H33N7O2/c1-18(2)34-17-22(15-31-34)27(36)33-23(7-5-4-6-8-25(35)28-3)26-30-16-24(32-26)20-10-9-19-11-12-29-14-21(19)13-20/h9-18,23H,4-8H2,1-3H3,(H,28,35)(H,30,32)(H,33,36). The first-order valence-corrected chi connectivity index (χ1v) is 12.4. The van der Waals surface area contributed by atoms with Crippen LogP contribution in [0.25, 0.3) is 22.0 Å². The largest absolute Gasteiger partial charge is 0.359 e. The van der Waals surface area contributed by atoms with Gasteiger partial charge in [-0.1, -0.05) is 25.0 Å². The Kier molecular flexibility index (Phi) is 8.10. The van der Waals surface area contributed by atoms with Crippen LogP contribution in [0.5, 0.6) is 0 Å². The first-order valence-electron chi connectivity index (χ1n) is 12.4. The first-order chi connectivity index (χ1) is 17.4. The van der Waals surface area contributed by atoms with E-state index in [1.165, 1.54) is 0 Å². The predicted molar refractivity (Wildman–Crippen MR) is 139 cm³/mol. The number of carbonyl (C=O) groups excluding carboxylic acids is 2. The van der Waals surface area contributed by atoms with Gasteiger partial charge in [-0.05, 0) is 44.2 Å². The summed E-state index contributed by atoms with van der Waals surface area (Å²) < 4.78 is 1.77. The lowest BCUT2D eigenvalue weighted by Crippen LogP contribution is -2.29. The molecule has 0 fully saturated rings. The zero-order valence-corrected chi connectivity index (χ0v) is 21.0. The average molecular weight is 488 g/mol. The summed E-state index contributed by atoms with van der Waals surface area (Å²) in [5.41, 5.74) is 2.40. The average Bonchev–Trinajstić information content (AvgIpc) is 3.58. The number of pyridine rings is 1. The summed E-state index contributed by atoms with van der Waals surface area (Å²) in [7, 11) is 1.65. The molecule has 9 nitrogen and oxygen atoms in total. The van der Waals surface area contributed by atoms with Gasteiger partial charge in [0.25, 0.3) is 5.91 Å². The Hall–Kier alpha value is -4.01. The van der Waals surface area contributed by atoms with Gasteiger partial charge in [0.2, 0.25) is 5.91 Å². The number of nitrogens with zero attached hydrogens (tertiary/aromatic N) is 4. The highest BCUT2D eigenvalue weighted by molar-refractivity contribution is 5.94. The molecule has 1 aromatic carbocycles. The molecule has 1 atom stereocenters. The fraction of sp³-hybridized carbons (Fsp3) is 0.370. The molecule has 36 heavy (non-hydrogen) atoms. The summed E-state index contributed by atoms with van der Waals surface area (Å²) in [6, 6.07) is 8.04. The minimum atomic E-state index is -0.296. The molecular weight excluding hydrogens is 454 g/mol. The molecule has 0 bridgehead atoms. The Morgan fingerprint density at radius 1 is 1.06 bits per heavy atom. The van der Waals surface area contributed by atoms with E-state index in [0.717, 1.165) is 41.3 Å².